The van der Waals surface area contributed by atoms with E-state index in [2.05, 4.69) is 26.1 Å². The lowest BCUT2D eigenvalue weighted by atomic mass is 9.98. The standard InChI is InChI=1S/C12H18ClFN2/c1-7(2)8(3)6-16-12-5-10(14)9(13)4-11(12)15/h4-5,7-8,16H,6,15H2,1-3H3. The van der Waals surface area contributed by atoms with Gasteiger partial charge in [-0.05, 0) is 17.9 Å². The smallest absolute Gasteiger partial charge is 0.143 e. The first-order valence-corrected chi connectivity index (χ1v) is 5.78. The van der Waals surface area contributed by atoms with Gasteiger partial charge in [0.2, 0.25) is 0 Å². The second-order valence-electron chi connectivity index (χ2n) is 4.46. The van der Waals surface area contributed by atoms with Crippen LogP contribution >= 0.6 is 11.6 Å². The van der Waals surface area contributed by atoms with Crippen LogP contribution < -0.4 is 11.1 Å². The minimum absolute atomic E-state index is 0.0555. The van der Waals surface area contributed by atoms with E-state index in [9.17, 15) is 4.39 Å². The van der Waals surface area contributed by atoms with E-state index < -0.39 is 5.82 Å². The van der Waals surface area contributed by atoms with Gasteiger partial charge in [-0.25, -0.2) is 4.39 Å². The van der Waals surface area contributed by atoms with Crippen molar-refractivity contribution in [3.63, 3.8) is 0 Å². The molecule has 3 N–H and O–H groups in total. The van der Waals surface area contributed by atoms with E-state index in [1.165, 1.54) is 12.1 Å². The van der Waals surface area contributed by atoms with Crippen LogP contribution in [0.4, 0.5) is 15.8 Å². The third-order valence-corrected chi connectivity index (χ3v) is 3.13. The Morgan fingerprint density at radius 2 is 2.00 bits per heavy atom. The highest BCUT2D eigenvalue weighted by atomic mass is 35.5. The van der Waals surface area contributed by atoms with Crippen molar-refractivity contribution in [3.8, 4) is 0 Å². The van der Waals surface area contributed by atoms with Gasteiger partial charge in [0.05, 0.1) is 16.4 Å². The van der Waals surface area contributed by atoms with Crippen LogP contribution in [-0.4, -0.2) is 6.54 Å². The number of nitrogen functional groups attached to an aromatic ring is 1. The predicted molar refractivity (Wildman–Crippen MR) is 68.3 cm³/mol. The van der Waals surface area contributed by atoms with Crippen LogP contribution in [0.15, 0.2) is 12.1 Å². The van der Waals surface area contributed by atoms with Crippen molar-refractivity contribution < 1.29 is 4.39 Å². The lowest BCUT2D eigenvalue weighted by Gasteiger charge is -2.18. The van der Waals surface area contributed by atoms with E-state index in [1.54, 1.807) is 0 Å². The lowest BCUT2D eigenvalue weighted by Crippen LogP contribution is -2.17. The molecule has 4 heteroatoms. The van der Waals surface area contributed by atoms with E-state index in [0.717, 1.165) is 6.54 Å². The first-order valence-electron chi connectivity index (χ1n) is 5.40. The third kappa shape index (κ3) is 3.27. The Balaban J connectivity index is 2.71. The molecule has 0 saturated heterocycles. The van der Waals surface area contributed by atoms with Crippen LogP contribution in [0.3, 0.4) is 0 Å². The normalized spacial score (nSPS) is 12.9. The third-order valence-electron chi connectivity index (χ3n) is 2.85. The summed E-state index contributed by atoms with van der Waals surface area (Å²) in [4.78, 5) is 0. The fraction of sp³-hybridized carbons (Fsp3) is 0.500. The molecule has 1 rings (SSSR count). The second-order valence-corrected chi connectivity index (χ2v) is 4.86. The molecule has 1 atom stereocenters. The number of halogens is 2. The molecule has 0 radical (unpaired) electrons. The Morgan fingerprint density at radius 1 is 1.38 bits per heavy atom. The number of hydrogen-bond donors (Lipinski definition) is 2. The monoisotopic (exact) mass is 244 g/mol. The first kappa shape index (κ1) is 13.1. The highest BCUT2D eigenvalue weighted by Gasteiger charge is 2.09. The number of rotatable bonds is 4. The molecule has 0 aliphatic carbocycles. The number of hydrogen-bond acceptors (Lipinski definition) is 2. The van der Waals surface area contributed by atoms with Crippen molar-refractivity contribution in [1.82, 2.24) is 0 Å². The van der Waals surface area contributed by atoms with Crippen molar-refractivity contribution >= 4 is 23.0 Å². The summed E-state index contributed by atoms with van der Waals surface area (Å²) in [5, 5.41) is 3.19. The van der Waals surface area contributed by atoms with Crippen LogP contribution in [0.5, 0.6) is 0 Å². The maximum atomic E-state index is 13.2. The summed E-state index contributed by atoms with van der Waals surface area (Å²) in [6, 6.07) is 2.77. The van der Waals surface area contributed by atoms with Gasteiger partial charge in [0.15, 0.2) is 0 Å². The zero-order valence-electron chi connectivity index (χ0n) is 9.85. The lowest BCUT2D eigenvalue weighted by molar-refractivity contribution is 0.440. The van der Waals surface area contributed by atoms with Gasteiger partial charge in [0.1, 0.15) is 5.82 Å². The maximum Gasteiger partial charge on any atom is 0.143 e. The van der Waals surface area contributed by atoms with Crippen molar-refractivity contribution in [1.29, 1.82) is 0 Å². The molecule has 1 aromatic carbocycles. The molecule has 2 nitrogen and oxygen atoms in total. The van der Waals surface area contributed by atoms with Crippen LogP contribution in [0.1, 0.15) is 20.8 Å². The molecule has 0 aromatic heterocycles. The molecule has 0 fully saturated rings. The number of benzene rings is 1. The molecule has 0 aliphatic rings. The Labute approximate surface area is 101 Å². The minimum Gasteiger partial charge on any atom is -0.397 e. The molecule has 0 amide bonds. The summed E-state index contributed by atoms with van der Waals surface area (Å²) in [6.07, 6.45) is 0. The van der Waals surface area contributed by atoms with Crippen LogP contribution in [0.2, 0.25) is 5.02 Å². The van der Waals surface area contributed by atoms with Gasteiger partial charge in [-0.3, -0.25) is 0 Å². The number of anilines is 2. The largest absolute Gasteiger partial charge is 0.397 e. The van der Waals surface area contributed by atoms with Gasteiger partial charge in [0, 0.05) is 12.6 Å². The van der Waals surface area contributed by atoms with E-state index in [1.807, 2.05) is 0 Å². The molecule has 16 heavy (non-hydrogen) atoms. The summed E-state index contributed by atoms with van der Waals surface area (Å²) >= 11 is 5.62. The highest BCUT2D eigenvalue weighted by Crippen LogP contribution is 2.26. The molecule has 1 unspecified atom stereocenters. The van der Waals surface area contributed by atoms with Gasteiger partial charge in [0.25, 0.3) is 0 Å². The zero-order valence-corrected chi connectivity index (χ0v) is 10.6. The first-order chi connectivity index (χ1) is 7.41. The summed E-state index contributed by atoms with van der Waals surface area (Å²) in [6.45, 7) is 7.21. The molecule has 0 saturated carbocycles. The quantitative estimate of drug-likeness (QED) is 0.792. The summed E-state index contributed by atoms with van der Waals surface area (Å²) < 4.78 is 13.2. The van der Waals surface area contributed by atoms with E-state index >= 15 is 0 Å². The zero-order chi connectivity index (χ0) is 12.3. The summed E-state index contributed by atoms with van der Waals surface area (Å²) in [7, 11) is 0. The van der Waals surface area contributed by atoms with Crippen molar-refractivity contribution in [2.24, 2.45) is 11.8 Å². The van der Waals surface area contributed by atoms with Crippen molar-refractivity contribution in [2.75, 3.05) is 17.6 Å². The fourth-order valence-corrected chi connectivity index (χ4v) is 1.39. The Bertz CT molecular complexity index is 366. The Hall–Kier alpha value is -0.960. The van der Waals surface area contributed by atoms with Gasteiger partial charge in [-0.1, -0.05) is 32.4 Å². The molecule has 1 aromatic rings. The molecule has 0 heterocycles. The average molecular weight is 245 g/mol. The van der Waals surface area contributed by atoms with E-state index in [4.69, 9.17) is 17.3 Å². The molecule has 0 aliphatic heterocycles. The topological polar surface area (TPSA) is 38.0 Å². The molecule has 90 valence electrons. The van der Waals surface area contributed by atoms with Crippen molar-refractivity contribution in [2.45, 2.75) is 20.8 Å². The highest BCUT2D eigenvalue weighted by molar-refractivity contribution is 6.31. The molecule has 0 bridgehead atoms. The Morgan fingerprint density at radius 3 is 2.56 bits per heavy atom. The van der Waals surface area contributed by atoms with Gasteiger partial charge in [-0.2, -0.15) is 0 Å². The number of nitrogens with one attached hydrogen (secondary N) is 1. The predicted octanol–water partition coefficient (Wildman–Crippen LogP) is 3.77. The van der Waals surface area contributed by atoms with E-state index in [-0.39, 0.29) is 5.02 Å². The van der Waals surface area contributed by atoms with Gasteiger partial charge < -0.3 is 11.1 Å². The average Bonchev–Trinajstić information content (AvgIpc) is 2.20. The SMILES string of the molecule is CC(C)C(C)CNc1cc(F)c(Cl)cc1N. The van der Waals surface area contributed by atoms with Gasteiger partial charge in [-0.15, -0.1) is 0 Å². The van der Waals surface area contributed by atoms with Crippen molar-refractivity contribution in [3.05, 3.63) is 23.0 Å². The van der Waals surface area contributed by atoms with Crippen LogP contribution in [0.25, 0.3) is 0 Å². The maximum absolute atomic E-state index is 13.2. The Kier molecular flexibility index (Phi) is 4.42. The minimum atomic E-state index is -0.449. The second kappa shape index (κ2) is 5.39. The molecule has 0 spiro atoms. The van der Waals surface area contributed by atoms with Gasteiger partial charge >= 0.3 is 0 Å². The fourth-order valence-electron chi connectivity index (χ4n) is 1.22. The molecular weight excluding hydrogens is 227 g/mol. The summed E-state index contributed by atoms with van der Waals surface area (Å²) in [5.41, 5.74) is 6.82. The van der Waals surface area contributed by atoms with Crippen LogP contribution in [-0.2, 0) is 0 Å². The van der Waals surface area contributed by atoms with E-state index in [0.29, 0.717) is 23.2 Å². The summed E-state index contributed by atoms with van der Waals surface area (Å²) in [5.74, 6) is 0.625. The molecular formula is C12H18ClFN2. The van der Waals surface area contributed by atoms with Crippen LogP contribution in [0, 0.1) is 17.7 Å². The number of nitrogens with two attached hydrogens (primary N) is 1.